The summed E-state index contributed by atoms with van der Waals surface area (Å²) in [5.41, 5.74) is 1.73. The highest BCUT2D eigenvalue weighted by atomic mass is 32.2. The smallest absolute Gasteiger partial charge is 0.339 e. The van der Waals surface area contributed by atoms with Gasteiger partial charge >= 0.3 is 10.1 Å². The molecule has 6 heteroatoms. The summed E-state index contributed by atoms with van der Waals surface area (Å²) in [7, 11) is -3.85. The fourth-order valence-corrected chi connectivity index (χ4v) is 3.41. The third-order valence-corrected chi connectivity index (χ3v) is 5.00. The van der Waals surface area contributed by atoms with Crippen molar-refractivity contribution in [3.63, 3.8) is 0 Å². The zero-order valence-corrected chi connectivity index (χ0v) is 13.5. The molecular formula is C17H17NO4S. The monoisotopic (exact) mass is 331 g/mol. The number of hydrogen-bond acceptors (Lipinski definition) is 4. The van der Waals surface area contributed by atoms with E-state index in [2.05, 4.69) is 0 Å². The van der Waals surface area contributed by atoms with E-state index < -0.39 is 10.1 Å². The Balaban J connectivity index is 1.77. The Hall–Kier alpha value is -2.34. The minimum atomic E-state index is -3.85. The van der Waals surface area contributed by atoms with E-state index in [4.69, 9.17) is 4.18 Å². The lowest BCUT2D eigenvalue weighted by Crippen LogP contribution is -2.23. The van der Waals surface area contributed by atoms with Crippen LogP contribution >= 0.6 is 0 Å². The number of amides is 1. The van der Waals surface area contributed by atoms with Gasteiger partial charge in [-0.05, 0) is 49.7 Å². The van der Waals surface area contributed by atoms with E-state index in [0.717, 1.165) is 17.7 Å². The van der Waals surface area contributed by atoms with Gasteiger partial charge in [0, 0.05) is 18.7 Å². The molecule has 1 saturated heterocycles. The Bertz CT molecular complexity index is 811. The topological polar surface area (TPSA) is 63.7 Å². The summed E-state index contributed by atoms with van der Waals surface area (Å²) >= 11 is 0. The predicted molar refractivity (Wildman–Crippen MR) is 87.0 cm³/mol. The highest BCUT2D eigenvalue weighted by molar-refractivity contribution is 7.87. The number of rotatable bonds is 4. The maximum atomic E-state index is 12.2. The summed E-state index contributed by atoms with van der Waals surface area (Å²) in [6, 6.07) is 13.0. The first kappa shape index (κ1) is 15.6. The SMILES string of the molecule is Cc1ccc(S(=O)(=O)Oc2ccc(N3CCCC3=O)cc2)cc1. The van der Waals surface area contributed by atoms with Crippen molar-refractivity contribution in [1.82, 2.24) is 0 Å². The number of nitrogens with zero attached hydrogens (tertiary/aromatic N) is 1. The molecule has 0 N–H and O–H groups in total. The molecule has 0 aromatic heterocycles. The molecule has 0 aliphatic carbocycles. The average molecular weight is 331 g/mol. The Morgan fingerprint density at radius 2 is 1.65 bits per heavy atom. The molecule has 1 heterocycles. The second kappa shape index (κ2) is 6.04. The van der Waals surface area contributed by atoms with Crippen molar-refractivity contribution in [3.05, 3.63) is 54.1 Å². The summed E-state index contributed by atoms with van der Waals surface area (Å²) in [5, 5.41) is 0. The van der Waals surface area contributed by atoms with Gasteiger partial charge in [-0.3, -0.25) is 4.79 Å². The quantitative estimate of drug-likeness (QED) is 0.808. The summed E-state index contributed by atoms with van der Waals surface area (Å²) in [4.78, 5) is 13.5. The van der Waals surface area contributed by atoms with Crippen LogP contribution in [-0.2, 0) is 14.9 Å². The van der Waals surface area contributed by atoms with Gasteiger partial charge in [-0.15, -0.1) is 0 Å². The molecule has 0 unspecified atom stereocenters. The van der Waals surface area contributed by atoms with Crippen molar-refractivity contribution in [2.75, 3.05) is 11.4 Å². The van der Waals surface area contributed by atoms with Crippen molar-refractivity contribution < 1.29 is 17.4 Å². The fraction of sp³-hybridized carbons (Fsp3) is 0.235. The molecule has 2 aromatic rings. The Morgan fingerprint density at radius 3 is 2.22 bits per heavy atom. The summed E-state index contributed by atoms with van der Waals surface area (Å²) in [6.45, 7) is 2.58. The average Bonchev–Trinajstić information content (AvgIpc) is 2.94. The third kappa shape index (κ3) is 3.37. The first-order valence-electron chi connectivity index (χ1n) is 7.37. The van der Waals surface area contributed by atoms with Crippen LogP contribution in [0.4, 0.5) is 5.69 Å². The van der Waals surface area contributed by atoms with Crippen molar-refractivity contribution in [3.8, 4) is 5.75 Å². The highest BCUT2D eigenvalue weighted by Crippen LogP contribution is 2.25. The molecule has 120 valence electrons. The van der Waals surface area contributed by atoms with Gasteiger partial charge in [0.1, 0.15) is 10.6 Å². The zero-order chi connectivity index (χ0) is 16.4. The fourth-order valence-electron chi connectivity index (χ4n) is 2.48. The molecule has 1 fully saturated rings. The largest absolute Gasteiger partial charge is 0.379 e. The van der Waals surface area contributed by atoms with E-state index >= 15 is 0 Å². The van der Waals surface area contributed by atoms with Crippen LogP contribution in [0.25, 0.3) is 0 Å². The zero-order valence-electron chi connectivity index (χ0n) is 12.7. The molecule has 0 spiro atoms. The van der Waals surface area contributed by atoms with Gasteiger partial charge in [0.25, 0.3) is 0 Å². The minimum absolute atomic E-state index is 0.0888. The normalized spacial score (nSPS) is 15.0. The van der Waals surface area contributed by atoms with E-state index in [1.54, 1.807) is 41.3 Å². The lowest BCUT2D eigenvalue weighted by Gasteiger charge is -2.16. The summed E-state index contributed by atoms with van der Waals surface area (Å²) < 4.78 is 29.6. The van der Waals surface area contributed by atoms with E-state index in [0.29, 0.717) is 13.0 Å². The van der Waals surface area contributed by atoms with Gasteiger partial charge < -0.3 is 9.08 Å². The lowest BCUT2D eigenvalue weighted by atomic mass is 10.2. The van der Waals surface area contributed by atoms with Crippen LogP contribution in [0.3, 0.4) is 0 Å². The van der Waals surface area contributed by atoms with Crippen LogP contribution in [0.5, 0.6) is 5.75 Å². The molecule has 0 radical (unpaired) electrons. The van der Waals surface area contributed by atoms with Gasteiger partial charge in [-0.25, -0.2) is 0 Å². The maximum Gasteiger partial charge on any atom is 0.339 e. The summed E-state index contributed by atoms with van der Waals surface area (Å²) in [6.07, 6.45) is 1.40. The van der Waals surface area contributed by atoms with Gasteiger partial charge in [-0.2, -0.15) is 8.42 Å². The van der Waals surface area contributed by atoms with Gasteiger partial charge in [-0.1, -0.05) is 17.7 Å². The van der Waals surface area contributed by atoms with Gasteiger partial charge in [0.05, 0.1) is 0 Å². The standard InChI is InChI=1S/C17H17NO4S/c1-13-4-10-16(11-5-13)23(20,21)22-15-8-6-14(7-9-15)18-12-2-3-17(18)19/h4-11H,2-3,12H2,1H3. The predicted octanol–water partition coefficient (Wildman–Crippen LogP) is 2.89. The molecule has 1 aliphatic heterocycles. The van der Waals surface area contributed by atoms with E-state index in [1.165, 1.54) is 12.1 Å². The number of benzene rings is 2. The first-order valence-corrected chi connectivity index (χ1v) is 8.78. The summed E-state index contributed by atoms with van der Waals surface area (Å²) in [5.74, 6) is 0.312. The lowest BCUT2D eigenvalue weighted by molar-refractivity contribution is -0.117. The molecule has 1 amide bonds. The van der Waals surface area contributed by atoms with Crippen molar-refractivity contribution in [2.45, 2.75) is 24.7 Å². The number of carbonyl (C=O) groups excluding carboxylic acids is 1. The van der Waals surface area contributed by atoms with Crippen molar-refractivity contribution in [1.29, 1.82) is 0 Å². The molecule has 3 rings (SSSR count). The number of carbonyl (C=O) groups is 1. The number of aryl methyl sites for hydroxylation is 1. The molecule has 0 atom stereocenters. The molecule has 23 heavy (non-hydrogen) atoms. The first-order chi connectivity index (χ1) is 11.0. The highest BCUT2D eigenvalue weighted by Gasteiger charge is 2.22. The third-order valence-electron chi connectivity index (χ3n) is 3.74. The van der Waals surface area contributed by atoms with Crippen LogP contribution in [0, 0.1) is 6.92 Å². The van der Waals surface area contributed by atoms with Crippen LogP contribution in [0.2, 0.25) is 0 Å². The molecule has 2 aromatic carbocycles. The van der Waals surface area contributed by atoms with Crippen LogP contribution in [0.15, 0.2) is 53.4 Å². The van der Waals surface area contributed by atoms with Crippen molar-refractivity contribution >= 4 is 21.7 Å². The van der Waals surface area contributed by atoms with E-state index in [-0.39, 0.29) is 16.6 Å². The molecular weight excluding hydrogens is 314 g/mol. The van der Waals surface area contributed by atoms with Crippen LogP contribution < -0.4 is 9.08 Å². The number of anilines is 1. The van der Waals surface area contributed by atoms with Gasteiger partial charge in [0.15, 0.2) is 0 Å². The van der Waals surface area contributed by atoms with Crippen LogP contribution in [-0.4, -0.2) is 20.9 Å². The van der Waals surface area contributed by atoms with E-state index in [1.807, 2.05) is 6.92 Å². The van der Waals surface area contributed by atoms with E-state index in [9.17, 15) is 13.2 Å². The van der Waals surface area contributed by atoms with Crippen molar-refractivity contribution in [2.24, 2.45) is 0 Å². The Kier molecular flexibility index (Phi) is 4.09. The Morgan fingerprint density at radius 1 is 1.00 bits per heavy atom. The molecule has 5 nitrogen and oxygen atoms in total. The molecule has 1 aliphatic rings. The second-order valence-corrected chi connectivity index (χ2v) is 7.04. The molecule has 0 bridgehead atoms. The number of hydrogen-bond donors (Lipinski definition) is 0. The minimum Gasteiger partial charge on any atom is -0.379 e. The maximum absolute atomic E-state index is 12.2. The van der Waals surface area contributed by atoms with Gasteiger partial charge in [0.2, 0.25) is 5.91 Å². The van der Waals surface area contributed by atoms with Crippen LogP contribution in [0.1, 0.15) is 18.4 Å². The Labute approximate surface area is 135 Å². The second-order valence-electron chi connectivity index (χ2n) is 5.49. The molecule has 0 saturated carbocycles.